The first-order valence-corrected chi connectivity index (χ1v) is 5.37. The number of hydrogen-bond donors (Lipinski definition) is 2. The quantitative estimate of drug-likeness (QED) is 0.643. The monoisotopic (exact) mass is 224 g/mol. The number of nitrogens with two attached hydrogens (primary N) is 2. The number of hydrogen-bond acceptors (Lipinski definition) is 4. The van der Waals surface area contributed by atoms with Crippen LogP contribution in [-0.2, 0) is 20.0 Å². The Kier molecular flexibility index (Phi) is 2.44. The van der Waals surface area contributed by atoms with Crippen molar-refractivity contribution in [3.8, 4) is 0 Å². The molecule has 0 saturated heterocycles. The van der Waals surface area contributed by atoms with Crippen LogP contribution in [0.5, 0.6) is 0 Å². The fourth-order valence-corrected chi connectivity index (χ4v) is 2.33. The normalized spacial score (nSPS) is 16.4. The van der Waals surface area contributed by atoms with Gasteiger partial charge in [0, 0.05) is 25.7 Å². The van der Waals surface area contributed by atoms with Crippen LogP contribution in [0.4, 0.5) is 11.5 Å². The van der Waals surface area contributed by atoms with Crippen LogP contribution in [0.2, 0.25) is 0 Å². The lowest BCUT2D eigenvalue weighted by Gasteiger charge is -2.27. The minimum atomic E-state index is 0.586. The molecule has 0 bridgehead atoms. The minimum Gasteiger partial charge on any atom is -0.396 e. The summed E-state index contributed by atoms with van der Waals surface area (Å²) in [6, 6.07) is 0. The molecule has 15 heavy (non-hydrogen) atoms. The molecule has 1 aromatic heterocycles. The summed E-state index contributed by atoms with van der Waals surface area (Å²) in [5.41, 5.74) is 14.9. The van der Waals surface area contributed by atoms with Gasteiger partial charge in [-0.1, -0.05) is 12.2 Å². The minimum absolute atomic E-state index is 0.586. The molecule has 82 valence electrons. The highest BCUT2D eigenvalue weighted by Gasteiger charge is 2.20. The summed E-state index contributed by atoms with van der Waals surface area (Å²) in [5.74, 6) is 0.586. The Labute approximate surface area is 94.5 Å². The first-order valence-electron chi connectivity index (χ1n) is 4.96. The van der Waals surface area contributed by atoms with Gasteiger partial charge in [0.1, 0.15) is 10.5 Å². The van der Waals surface area contributed by atoms with E-state index in [1.54, 1.807) is 4.57 Å². The lowest BCUT2D eigenvalue weighted by molar-refractivity contribution is 0.311. The van der Waals surface area contributed by atoms with Crippen molar-refractivity contribution in [2.75, 3.05) is 25.1 Å². The molecule has 0 fully saturated rings. The fraction of sp³-hybridized carbons (Fsp3) is 0.500. The zero-order valence-corrected chi connectivity index (χ0v) is 9.90. The summed E-state index contributed by atoms with van der Waals surface area (Å²) in [5, 5.41) is 0. The summed E-state index contributed by atoms with van der Waals surface area (Å²) in [6.45, 7) is 1.88. The van der Waals surface area contributed by atoms with Crippen LogP contribution >= 0.6 is 12.2 Å². The van der Waals surface area contributed by atoms with E-state index in [0.717, 1.165) is 35.3 Å². The van der Waals surface area contributed by atoms with Gasteiger partial charge in [0.25, 0.3) is 0 Å². The van der Waals surface area contributed by atoms with Crippen molar-refractivity contribution in [3.63, 3.8) is 0 Å². The van der Waals surface area contributed by atoms with Crippen molar-refractivity contribution >= 4 is 23.7 Å². The van der Waals surface area contributed by atoms with Crippen molar-refractivity contribution < 1.29 is 0 Å². The first-order chi connectivity index (χ1) is 7.02. The molecular formula is C10H16N4S. The third-order valence-corrected chi connectivity index (χ3v) is 3.58. The average Bonchev–Trinajstić information content (AvgIpc) is 2.23. The summed E-state index contributed by atoms with van der Waals surface area (Å²) in [7, 11) is 3.95. The van der Waals surface area contributed by atoms with E-state index in [-0.39, 0.29) is 0 Å². The lowest BCUT2D eigenvalue weighted by atomic mass is 10.00. The zero-order chi connectivity index (χ0) is 11.2. The Morgan fingerprint density at radius 3 is 2.53 bits per heavy atom. The first kappa shape index (κ1) is 10.4. The van der Waals surface area contributed by atoms with Crippen LogP contribution in [0.1, 0.15) is 11.1 Å². The molecule has 0 aliphatic carbocycles. The van der Waals surface area contributed by atoms with Gasteiger partial charge in [-0.3, -0.25) is 0 Å². The molecule has 0 saturated carbocycles. The summed E-state index contributed by atoms with van der Waals surface area (Å²) >= 11 is 5.38. The molecule has 0 aromatic carbocycles. The molecule has 0 radical (unpaired) electrons. The molecular weight excluding hydrogens is 208 g/mol. The second-order valence-electron chi connectivity index (χ2n) is 4.11. The number of pyridine rings is 1. The van der Waals surface area contributed by atoms with E-state index in [1.807, 2.05) is 7.05 Å². The Morgan fingerprint density at radius 2 is 1.87 bits per heavy atom. The maximum absolute atomic E-state index is 6.01. The van der Waals surface area contributed by atoms with Gasteiger partial charge in [0.05, 0.1) is 5.69 Å². The van der Waals surface area contributed by atoms with Crippen molar-refractivity contribution in [1.29, 1.82) is 0 Å². The van der Waals surface area contributed by atoms with E-state index in [9.17, 15) is 0 Å². The van der Waals surface area contributed by atoms with Crippen LogP contribution in [0.15, 0.2) is 0 Å². The molecule has 4 N–H and O–H groups in total. The fourth-order valence-electron chi connectivity index (χ4n) is 2.04. The highest BCUT2D eigenvalue weighted by atomic mass is 32.1. The summed E-state index contributed by atoms with van der Waals surface area (Å²) in [6.07, 6.45) is 0.937. The number of aromatic nitrogens is 1. The molecule has 5 heteroatoms. The van der Waals surface area contributed by atoms with Gasteiger partial charge < -0.3 is 20.9 Å². The van der Waals surface area contributed by atoms with Gasteiger partial charge in [-0.15, -0.1) is 0 Å². The van der Waals surface area contributed by atoms with Gasteiger partial charge in [0.15, 0.2) is 0 Å². The number of fused-ring (bicyclic) bond motifs is 1. The molecule has 1 aliphatic heterocycles. The van der Waals surface area contributed by atoms with Gasteiger partial charge in [-0.05, 0) is 19.0 Å². The predicted molar refractivity (Wildman–Crippen MR) is 65.1 cm³/mol. The second-order valence-corrected chi connectivity index (χ2v) is 4.49. The topological polar surface area (TPSA) is 60.2 Å². The Hall–Kier alpha value is -1.07. The van der Waals surface area contributed by atoms with E-state index >= 15 is 0 Å². The van der Waals surface area contributed by atoms with Crippen LogP contribution in [-0.4, -0.2) is 23.1 Å². The second kappa shape index (κ2) is 3.50. The van der Waals surface area contributed by atoms with E-state index in [0.29, 0.717) is 11.5 Å². The molecule has 4 nitrogen and oxygen atoms in total. The molecule has 1 aromatic rings. The Bertz CT molecular complexity index is 463. The van der Waals surface area contributed by atoms with Crippen molar-refractivity contribution in [1.82, 2.24) is 9.47 Å². The van der Waals surface area contributed by atoms with Gasteiger partial charge >= 0.3 is 0 Å². The molecule has 0 amide bonds. The molecule has 0 unspecified atom stereocenters. The Morgan fingerprint density at radius 1 is 1.20 bits per heavy atom. The van der Waals surface area contributed by atoms with Crippen LogP contribution < -0.4 is 11.5 Å². The Balaban J connectivity index is 2.71. The molecule has 2 heterocycles. The number of nitrogens with zero attached hydrogens (tertiary/aromatic N) is 2. The smallest absolute Gasteiger partial charge is 0.128 e. The van der Waals surface area contributed by atoms with E-state index in [2.05, 4.69) is 11.9 Å². The van der Waals surface area contributed by atoms with Crippen LogP contribution in [0.25, 0.3) is 0 Å². The molecule has 1 aliphatic rings. The van der Waals surface area contributed by atoms with Crippen molar-refractivity contribution in [3.05, 3.63) is 15.8 Å². The number of nitrogen functional groups attached to an aromatic ring is 2. The SMILES string of the molecule is CN1CCc2c(N)c(N)n(C)c(=S)c2C1. The largest absolute Gasteiger partial charge is 0.396 e. The standard InChI is InChI=1S/C10H16N4S/c1-13-4-3-6-7(5-13)10(15)14(2)9(12)8(6)11/h3-5,11-12H2,1-2H3. The van der Waals surface area contributed by atoms with E-state index in [4.69, 9.17) is 23.7 Å². The number of anilines is 2. The molecule has 0 spiro atoms. The highest BCUT2D eigenvalue weighted by molar-refractivity contribution is 7.71. The zero-order valence-electron chi connectivity index (χ0n) is 9.08. The summed E-state index contributed by atoms with van der Waals surface area (Å²) in [4.78, 5) is 2.24. The highest BCUT2D eigenvalue weighted by Crippen LogP contribution is 2.29. The number of likely N-dealkylation sites (N-methyl/N-ethyl adjacent to an activating group) is 1. The van der Waals surface area contributed by atoms with Gasteiger partial charge in [-0.25, -0.2) is 0 Å². The third-order valence-electron chi connectivity index (χ3n) is 3.06. The van der Waals surface area contributed by atoms with Crippen LogP contribution in [0.3, 0.4) is 0 Å². The maximum atomic E-state index is 6.01. The van der Waals surface area contributed by atoms with Crippen LogP contribution in [0, 0.1) is 4.64 Å². The average molecular weight is 224 g/mol. The number of rotatable bonds is 0. The lowest BCUT2D eigenvalue weighted by Crippen LogP contribution is -2.29. The van der Waals surface area contributed by atoms with Gasteiger partial charge in [0.2, 0.25) is 0 Å². The van der Waals surface area contributed by atoms with Crippen molar-refractivity contribution in [2.24, 2.45) is 7.05 Å². The van der Waals surface area contributed by atoms with E-state index in [1.165, 1.54) is 0 Å². The maximum Gasteiger partial charge on any atom is 0.128 e. The molecule has 0 atom stereocenters. The third kappa shape index (κ3) is 1.52. The van der Waals surface area contributed by atoms with Crippen molar-refractivity contribution in [2.45, 2.75) is 13.0 Å². The molecule has 2 rings (SSSR count). The van der Waals surface area contributed by atoms with E-state index < -0.39 is 0 Å². The predicted octanol–water partition coefficient (Wildman–Crippen LogP) is 0.907. The summed E-state index contributed by atoms with van der Waals surface area (Å²) < 4.78 is 2.60. The van der Waals surface area contributed by atoms with Gasteiger partial charge in [-0.2, -0.15) is 0 Å².